The number of hydrogen-bond acceptors (Lipinski definition) is 4. The standard InChI is InChI=1S/C19H20N4O2/c1-14-18(19(24)20-12-15-8-4-3-5-9-15)21-22-23(14)13-16-10-6-7-11-17(16)25-2/h3-11H,12-13H2,1-2H3,(H,20,24). The lowest BCUT2D eigenvalue weighted by molar-refractivity contribution is 0.0945. The predicted molar refractivity (Wildman–Crippen MR) is 94.5 cm³/mol. The minimum Gasteiger partial charge on any atom is -0.496 e. The summed E-state index contributed by atoms with van der Waals surface area (Å²) in [6, 6.07) is 17.5. The highest BCUT2D eigenvalue weighted by atomic mass is 16.5. The molecule has 1 amide bonds. The number of nitrogens with one attached hydrogen (secondary N) is 1. The quantitative estimate of drug-likeness (QED) is 0.751. The average molecular weight is 336 g/mol. The van der Waals surface area contributed by atoms with Gasteiger partial charge in [0.2, 0.25) is 0 Å². The number of hydrogen-bond donors (Lipinski definition) is 1. The van der Waals surface area contributed by atoms with Crippen LogP contribution < -0.4 is 10.1 Å². The van der Waals surface area contributed by atoms with Gasteiger partial charge in [-0.2, -0.15) is 0 Å². The van der Waals surface area contributed by atoms with E-state index in [2.05, 4.69) is 15.6 Å². The number of methoxy groups -OCH3 is 1. The van der Waals surface area contributed by atoms with Crippen LogP contribution in [-0.2, 0) is 13.1 Å². The van der Waals surface area contributed by atoms with Gasteiger partial charge in [0, 0.05) is 12.1 Å². The zero-order valence-corrected chi connectivity index (χ0v) is 14.3. The van der Waals surface area contributed by atoms with Gasteiger partial charge in [0.1, 0.15) is 5.75 Å². The molecule has 25 heavy (non-hydrogen) atoms. The number of aromatic nitrogens is 3. The van der Waals surface area contributed by atoms with Gasteiger partial charge in [0.15, 0.2) is 5.69 Å². The SMILES string of the molecule is COc1ccccc1Cn1nnc(C(=O)NCc2ccccc2)c1C. The molecule has 1 aromatic heterocycles. The molecule has 3 aromatic rings. The van der Waals surface area contributed by atoms with Gasteiger partial charge in [-0.05, 0) is 18.6 Å². The van der Waals surface area contributed by atoms with Crippen molar-refractivity contribution in [3.05, 3.63) is 77.1 Å². The van der Waals surface area contributed by atoms with Crippen LogP contribution in [0.1, 0.15) is 27.3 Å². The zero-order valence-electron chi connectivity index (χ0n) is 14.3. The number of amides is 1. The van der Waals surface area contributed by atoms with Gasteiger partial charge in [0.25, 0.3) is 5.91 Å². The first-order chi connectivity index (χ1) is 12.2. The van der Waals surface area contributed by atoms with E-state index in [9.17, 15) is 4.79 Å². The molecular weight excluding hydrogens is 316 g/mol. The molecule has 2 aromatic carbocycles. The lowest BCUT2D eigenvalue weighted by Gasteiger charge is -2.09. The van der Waals surface area contributed by atoms with Crippen LogP contribution in [0.5, 0.6) is 5.75 Å². The fourth-order valence-electron chi connectivity index (χ4n) is 2.58. The van der Waals surface area contributed by atoms with E-state index in [1.54, 1.807) is 11.8 Å². The minimum atomic E-state index is -0.229. The first-order valence-corrected chi connectivity index (χ1v) is 8.03. The third-order valence-corrected chi connectivity index (χ3v) is 4.01. The molecule has 0 aliphatic rings. The molecule has 6 heteroatoms. The fraction of sp³-hybridized carbons (Fsp3) is 0.211. The minimum absolute atomic E-state index is 0.229. The van der Waals surface area contributed by atoms with E-state index in [4.69, 9.17) is 4.74 Å². The van der Waals surface area contributed by atoms with Crippen LogP contribution in [0.15, 0.2) is 54.6 Å². The Bertz CT molecular complexity index is 859. The molecule has 0 atom stereocenters. The molecular formula is C19H20N4O2. The van der Waals surface area contributed by atoms with E-state index in [0.717, 1.165) is 22.6 Å². The molecule has 0 radical (unpaired) electrons. The fourth-order valence-corrected chi connectivity index (χ4v) is 2.58. The maximum absolute atomic E-state index is 12.4. The summed E-state index contributed by atoms with van der Waals surface area (Å²) < 4.78 is 7.06. The van der Waals surface area contributed by atoms with Crippen LogP contribution in [0.3, 0.4) is 0 Å². The van der Waals surface area contributed by atoms with Crippen LogP contribution >= 0.6 is 0 Å². The Balaban J connectivity index is 1.71. The van der Waals surface area contributed by atoms with Crippen LogP contribution in [0.2, 0.25) is 0 Å². The summed E-state index contributed by atoms with van der Waals surface area (Å²) in [5, 5.41) is 11.0. The van der Waals surface area contributed by atoms with E-state index in [1.807, 2.05) is 61.5 Å². The average Bonchev–Trinajstić information content (AvgIpc) is 3.01. The third-order valence-electron chi connectivity index (χ3n) is 4.01. The van der Waals surface area contributed by atoms with Gasteiger partial charge < -0.3 is 10.1 Å². The second-order valence-electron chi connectivity index (χ2n) is 5.66. The van der Waals surface area contributed by atoms with Gasteiger partial charge in [0.05, 0.1) is 19.3 Å². The van der Waals surface area contributed by atoms with Crippen molar-refractivity contribution in [1.29, 1.82) is 0 Å². The molecule has 0 spiro atoms. The number of para-hydroxylation sites is 1. The number of benzene rings is 2. The molecule has 0 saturated carbocycles. The zero-order chi connectivity index (χ0) is 17.6. The number of carbonyl (C=O) groups is 1. The van der Waals surface area contributed by atoms with Crippen molar-refractivity contribution in [2.45, 2.75) is 20.0 Å². The number of carbonyl (C=O) groups excluding carboxylic acids is 1. The van der Waals surface area contributed by atoms with Crippen molar-refractivity contribution in [3.63, 3.8) is 0 Å². The molecule has 1 N–H and O–H groups in total. The van der Waals surface area contributed by atoms with Gasteiger partial charge in [-0.25, -0.2) is 4.68 Å². The first-order valence-electron chi connectivity index (χ1n) is 8.03. The highest BCUT2D eigenvalue weighted by Crippen LogP contribution is 2.19. The maximum Gasteiger partial charge on any atom is 0.274 e. The molecule has 0 aliphatic heterocycles. The second-order valence-corrected chi connectivity index (χ2v) is 5.66. The monoisotopic (exact) mass is 336 g/mol. The smallest absolute Gasteiger partial charge is 0.274 e. The highest BCUT2D eigenvalue weighted by molar-refractivity contribution is 5.93. The molecule has 3 rings (SSSR count). The molecule has 0 fully saturated rings. The van der Waals surface area contributed by atoms with E-state index in [-0.39, 0.29) is 5.91 Å². The molecule has 128 valence electrons. The Morgan fingerprint density at radius 2 is 1.84 bits per heavy atom. The Morgan fingerprint density at radius 3 is 2.60 bits per heavy atom. The Morgan fingerprint density at radius 1 is 1.12 bits per heavy atom. The Hall–Kier alpha value is -3.15. The maximum atomic E-state index is 12.4. The number of nitrogens with zero attached hydrogens (tertiary/aromatic N) is 3. The van der Waals surface area contributed by atoms with E-state index in [0.29, 0.717) is 18.8 Å². The molecule has 1 heterocycles. The van der Waals surface area contributed by atoms with Crippen molar-refractivity contribution >= 4 is 5.91 Å². The summed E-state index contributed by atoms with van der Waals surface area (Å²) in [7, 11) is 1.63. The molecule has 0 bridgehead atoms. The molecule has 0 aliphatic carbocycles. The van der Waals surface area contributed by atoms with Gasteiger partial charge >= 0.3 is 0 Å². The van der Waals surface area contributed by atoms with E-state index >= 15 is 0 Å². The number of ether oxygens (including phenoxy) is 1. The number of rotatable bonds is 6. The molecule has 6 nitrogen and oxygen atoms in total. The normalized spacial score (nSPS) is 10.5. The summed E-state index contributed by atoms with van der Waals surface area (Å²) in [6.07, 6.45) is 0. The summed E-state index contributed by atoms with van der Waals surface area (Å²) in [5.74, 6) is 0.556. The summed E-state index contributed by atoms with van der Waals surface area (Å²) in [4.78, 5) is 12.4. The van der Waals surface area contributed by atoms with Crippen LogP contribution in [0.25, 0.3) is 0 Å². The van der Waals surface area contributed by atoms with Crippen molar-refractivity contribution in [3.8, 4) is 5.75 Å². The lowest BCUT2D eigenvalue weighted by Crippen LogP contribution is -2.24. The van der Waals surface area contributed by atoms with Gasteiger partial charge in [-0.15, -0.1) is 5.10 Å². The lowest BCUT2D eigenvalue weighted by atomic mass is 10.2. The van der Waals surface area contributed by atoms with Gasteiger partial charge in [-0.1, -0.05) is 53.7 Å². The largest absolute Gasteiger partial charge is 0.496 e. The third kappa shape index (κ3) is 3.85. The van der Waals surface area contributed by atoms with Crippen molar-refractivity contribution in [2.24, 2.45) is 0 Å². The summed E-state index contributed by atoms with van der Waals surface area (Å²) in [5.41, 5.74) is 3.08. The van der Waals surface area contributed by atoms with Crippen molar-refractivity contribution < 1.29 is 9.53 Å². The molecule has 0 unspecified atom stereocenters. The Kier molecular flexibility index (Phi) is 5.09. The summed E-state index contributed by atoms with van der Waals surface area (Å²) in [6.45, 7) is 2.79. The first kappa shape index (κ1) is 16.7. The van der Waals surface area contributed by atoms with Crippen LogP contribution in [0.4, 0.5) is 0 Å². The second kappa shape index (κ2) is 7.61. The van der Waals surface area contributed by atoms with E-state index < -0.39 is 0 Å². The van der Waals surface area contributed by atoms with E-state index in [1.165, 1.54) is 0 Å². The highest BCUT2D eigenvalue weighted by Gasteiger charge is 2.17. The predicted octanol–water partition coefficient (Wildman–Crippen LogP) is 2.57. The van der Waals surface area contributed by atoms with Crippen molar-refractivity contribution in [2.75, 3.05) is 7.11 Å². The van der Waals surface area contributed by atoms with Gasteiger partial charge in [-0.3, -0.25) is 4.79 Å². The van der Waals surface area contributed by atoms with Crippen molar-refractivity contribution in [1.82, 2.24) is 20.3 Å². The Labute approximate surface area is 146 Å². The van der Waals surface area contributed by atoms with Crippen LogP contribution in [0, 0.1) is 6.92 Å². The van der Waals surface area contributed by atoms with Crippen LogP contribution in [-0.4, -0.2) is 28.0 Å². The topological polar surface area (TPSA) is 69.0 Å². The molecule has 0 saturated heterocycles. The summed E-state index contributed by atoms with van der Waals surface area (Å²) >= 11 is 0.